The third-order valence-electron chi connectivity index (χ3n) is 2.51. The van der Waals surface area contributed by atoms with E-state index in [1.54, 1.807) is 0 Å². The Morgan fingerprint density at radius 2 is 1.80 bits per heavy atom. The van der Waals surface area contributed by atoms with Crippen LogP contribution in [0.3, 0.4) is 0 Å². The minimum atomic E-state index is 0.0329. The van der Waals surface area contributed by atoms with E-state index in [0.717, 1.165) is 15.8 Å². The molecule has 0 fully saturated rings. The van der Waals surface area contributed by atoms with Gasteiger partial charge >= 0.3 is 0 Å². The standard InChI is InChI=1S/C12H16O2Si/c1-9(13)7-8-11(14)12(15)10-5-3-2-4-6-10/h2-6,12H,7-8H2,1,15H3. The molecular formula is C12H16O2Si. The van der Waals surface area contributed by atoms with Crippen molar-refractivity contribution in [1.82, 2.24) is 0 Å². The summed E-state index contributed by atoms with van der Waals surface area (Å²) in [5.41, 5.74) is 1.11. The van der Waals surface area contributed by atoms with Crippen LogP contribution in [0.2, 0.25) is 0 Å². The van der Waals surface area contributed by atoms with E-state index in [9.17, 15) is 9.59 Å². The van der Waals surface area contributed by atoms with Gasteiger partial charge in [-0.1, -0.05) is 30.3 Å². The number of ketones is 2. The fourth-order valence-corrected chi connectivity index (χ4v) is 2.12. The van der Waals surface area contributed by atoms with Crippen molar-refractivity contribution < 1.29 is 9.59 Å². The summed E-state index contributed by atoms with van der Waals surface area (Å²) in [4.78, 5) is 22.5. The van der Waals surface area contributed by atoms with E-state index in [4.69, 9.17) is 0 Å². The normalized spacial score (nSPS) is 12.3. The number of hydrogen-bond acceptors (Lipinski definition) is 2. The summed E-state index contributed by atoms with van der Waals surface area (Å²) >= 11 is 0. The van der Waals surface area contributed by atoms with Gasteiger partial charge in [0.2, 0.25) is 0 Å². The van der Waals surface area contributed by atoms with Crippen molar-refractivity contribution in [3.63, 3.8) is 0 Å². The molecule has 0 aromatic heterocycles. The molecule has 1 aromatic carbocycles. The summed E-state index contributed by atoms with van der Waals surface area (Å²) in [7, 11) is 0.810. The van der Waals surface area contributed by atoms with Crippen LogP contribution in [0.1, 0.15) is 30.9 Å². The van der Waals surface area contributed by atoms with Gasteiger partial charge in [0.15, 0.2) is 0 Å². The topological polar surface area (TPSA) is 34.1 Å². The van der Waals surface area contributed by atoms with Gasteiger partial charge in [0.05, 0.1) is 0 Å². The van der Waals surface area contributed by atoms with E-state index in [-0.39, 0.29) is 17.1 Å². The van der Waals surface area contributed by atoms with Crippen LogP contribution in [0.15, 0.2) is 30.3 Å². The van der Waals surface area contributed by atoms with Crippen LogP contribution < -0.4 is 0 Å². The molecule has 2 nitrogen and oxygen atoms in total. The molecule has 0 aliphatic carbocycles. The van der Waals surface area contributed by atoms with Crippen molar-refractivity contribution in [2.24, 2.45) is 0 Å². The SMILES string of the molecule is CC(=O)CCC(=O)C([SiH3])c1ccccc1. The zero-order chi connectivity index (χ0) is 11.3. The van der Waals surface area contributed by atoms with Crippen molar-refractivity contribution in [3.8, 4) is 0 Å². The van der Waals surface area contributed by atoms with Crippen molar-refractivity contribution in [2.75, 3.05) is 0 Å². The summed E-state index contributed by atoms with van der Waals surface area (Å²) in [5.74, 6) is 0.286. The zero-order valence-electron chi connectivity index (χ0n) is 9.19. The Bertz CT molecular complexity index is 346. The van der Waals surface area contributed by atoms with E-state index < -0.39 is 0 Å². The van der Waals surface area contributed by atoms with E-state index >= 15 is 0 Å². The Hall–Kier alpha value is -1.22. The summed E-state index contributed by atoms with van der Waals surface area (Å²) < 4.78 is 0. The lowest BCUT2D eigenvalue weighted by molar-refractivity contribution is -0.123. The molecule has 1 atom stereocenters. The summed E-state index contributed by atoms with van der Waals surface area (Å²) in [6.45, 7) is 1.53. The lowest BCUT2D eigenvalue weighted by atomic mass is 10.0. The monoisotopic (exact) mass is 220 g/mol. The van der Waals surface area contributed by atoms with E-state index in [2.05, 4.69) is 0 Å². The first-order chi connectivity index (χ1) is 7.11. The highest BCUT2D eigenvalue weighted by atomic mass is 28.1. The molecular weight excluding hydrogens is 204 g/mol. The maximum Gasteiger partial charge on any atom is 0.137 e. The van der Waals surface area contributed by atoms with Gasteiger partial charge in [-0.3, -0.25) is 4.79 Å². The Labute approximate surface area is 93.1 Å². The molecule has 1 unspecified atom stereocenters. The van der Waals surface area contributed by atoms with Gasteiger partial charge in [0, 0.05) is 28.6 Å². The van der Waals surface area contributed by atoms with E-state index in [1.165, 1.54) is 6.92 Å². The fourth-order valence-electron chi connectivity index (χ4n) is 1.44. The molecule has 0 aliphatic rings. The molecule has 0 amide bonds. The third-order valence-corrected chi connectivity index (χ3v) is 3.82. The van der Waals surface area contributed by atoms with Crippen LogP contribution in [0.25, 0.3) is 0 Å². The summed E-state index contributed by atoms with van der Waals surface area (Å²) in [6.07, 6.45) is 0.767. The fraction of sp³-hybridized carbons (Fsp3) is 0.333. The van der Waals surface area contributed by atoms with Crippen molar-refractivity contribution >= 4 is 21.8 Å². The maximum atomic E-state index is 11.7. The smallest absolute Gasteiger partial charge is 0.137 e. The first kappa shape index (κ1) is 11.8. The van der Waals surface area contributed by atoms with Crippen molar-refractivity contribution in [3.05, 3.63) is 35.9 Å². The number of hydrogen-bond donors (Lipinski definition) is 0. The average molecular weight is 220 g/mol. The molecule has 0 N–H and O–H groups in total. The van der Waals surface area contributed by atoms with Gasteiger partial charge in [0.25, 0.3) is 0 Å². The second-order valence-corrected chi connectivity index (χ2v) is 4.96. The number of benzene rings is 1. The van der Waals surface area contributed by atoms with Gasteiger partial charge in [-0.25, -0.2) is 0 Å². The Morgan fingerprint density at radius 1 is 1.20 bits per heavy atom. The van der Waals surface area contributed by atoms with Crippen LogP contribution in [0.5, 0.6) is 0 Å². The zero-order valence-corrected chi connectivity index (χ0v) is 11.2. The minimum absolute atomic E-state index is 0.0329. The van der Waals surface area contributed by atoms with Gasteiger partial charge < -0.3 is 4.79 Å². The van der Waals surface area contributed by atoms with Crippen LogP contribution in [-0.4, -0.2) is 21.8 Å². The average Bonchev–Trinajstić information content (AvgIpc) is 2.26. The molecule has 0 saturated heterocycles. The first-order valence-electron chi connectivity index (χ1n) is 5.18. The molecule has 0 heterocycles. The number of carbonyl (C=O) groups excluding carboxylic acids is 2. The Morgan fingerprint density at radius 3 is 2.33 bits per heavy atom. The lowest BCUT2D eigenvalue weighted by Gasteiger charge is -2.09. The molecule has 3 heteroatoms. The molecule has 0 bridgehead atoms. The molecule has 0 saturated carbocycles. The molecule has 1 rings (SSSR count). The highest BCUT2D eigenvalue weighted by Crippen LogP contribution is 2.15. The Kier molecular flexibility index (Phi) is 4.43. The first-order valence-corrected chi connectivity index (χ1v) is 6.34. The Balaban J connectivity index is 2.57. The summed E-state index contributed by atoms with van der Waals surface area (Å²) in [6, 6.07) is 9.78. The van der Waals surface area contributed by atoms with E-state index in [0.29, 0.717) is 12.8 Å². The second kappa shape index (κ2) is 5.61. The molecule has 0 radical (unpaired) electrons. The number of rotatable bonds is 5. The van der Waals surface area contributed by atoms with Crippen LogP contribution in [0, 0.1) is 0 Å². The molecule has 80 valence electrons. The second-order valence-electron chi connectivity index (χ2n) is 3.80. The van der Waals surface area contributed by atoms with Gasteiger partial charge in [-0.05, 0) is 12.5 Å². The van der Waals surface area contributed by atoms with Crippen molar-refractivity contribution in [2.45, 2.75) is 25.3 Å². The van der Waals surface area contributed by atoms with Gasteiger partial charge in [0.1, 0.15) is 11.6 Å². The molecule has 0 aliphatic heterocycles. The molecule has 15 heavy (non-hydrogen) atoms. The minimum Gasteiger partial charge on any atom is -0.300 e. The van der Waals surface area contributed by atoms with Crippen LogP contribution in [-0.2, 0) is 9.59 Å². The summed E-state index contributed by atoms with van der Waals surface area (Å²) in [5, 5.41) is 0. The quantitative estimate of drug-likeness (QED) is 0.695. The number of carbonyl (C=O) groups is 2. The predicted molar refractivity (Wildman–Crippen MR) is 64.0 cm³/mol. The largest absolute Gasteiger partial charge is 0.300 e. The third kappa shape index (κ3) is 3.79. The molecule has 0 spiro atoms. The molecule has 1 aromatic rings. The van der Waals surface area contributed by atoms with Gasteiger partial charge in [-0.15, -0.1) is 0 Å². The predicted octanol–water partition coefficient (Wildman–Crippen LogP) is 1.03. The van der Waals surface area contributed by atoms with Crippen LogP contribution >= 0.6 is 0 Å². The van der Waals surface area contributed by atoms with Crippen molar-refractivity contribution in [1.29, 1.82) is 0 Å². The maximum absolute atomic E-state index is 11.7. The highest BCUT2D eigenvalue weighted by molar-refractivity contribution is 6.25. The lowest BCUT2D eigenvalue weighted by Crippen LogP contribution is -2.13. The number of Topliss-reactive ketones (excluding diaryl/α,β-unsaturated/α-hetero) is 2. The van der Waals surface area contributed by atoms with Gasteiger partial charge in [-0.2, -0.15) is 0 Å². The van der Waals surface area contributed by atoms with Crippen LogP contribution in [0.4, 0.5) is 0 Å². The highest BCUT2D eigenvalue weighted by Gasteiger charge is 2.14. The van der Waals surface area contributed by atoms with E-state index in [1.807, 2.05) is 30.3 Å².